The van der Waals surface area contributed by atoms with Crippen molar-refractivity contribution in [3.8, 4) is 56.4 Å². The summed E-state index contributed by atoms with van der Waals surface area (Å²) >= 11 is 0. The summed E-state index contributed by atoms with van der Waals surface area (Å²) in [6, 6.07) is 61.0. The van der Waals surface area contributed by atoms with E-state index in [1.807, 2.05) is 60.7 Å². The summed E-state index contributed by atoms with van der Waals surface area (Å²) in [5.74, 6) is 1.86. The molecule has 0 bridgehead atoms. The van der Waals surface area contributed by atoms with Crippen molar-refractivity contribution in [1.82, 2.24) is 15.0 Å². The lowest BCUT2D eigenvalue weighted by Crippen LogP contribution is -2.00. The molecule has 0 saturated heterocycles. The Hall–Kier alpha value is -6.91. The van der Waals surface area contributed by atoms with E-state index in [9.17, 15) is 0 Å². The number of nitrogens with zero attached hydrogens (tertiary/aromatic N) is 3. The molecule has 0 spiro atoms. The first kappa shape index (κ1) is 29.0. The van der Waals surface area contributed by atoms with Crippen molar-refractivity contribution < 1.29 is 4.42 Å². The molecule has 0 aliphatic heterocycles. The Morgan fingerprint density at radius 3 is 1.55 bits per heavy atom. The average molecular weight is 652 g/mol. The van der Waals surface area contributed by atoms with Crippen LogP contribution in [0.4, 0.5) is 0 Å². The SMILES string of the molecule is c1ccc(-c2nc(-c3ccccc3)nc(-c3cc4oc5c(-c6ccc(-c7cccc8ccccc78)cc6)cccc5c4c4ccccc34)n2)cc1. The highest BCUT2D eigenvalue weighted by atomic mass is 16.3. The third-order valence-corrected chi connectivity index (χ3v) is 9.74. The minimum absolute atomic E-state index is 0.602. The summed E-state index contributed by atoms with van der Waals surface area (Å²) in [5.41, 5.74) is 8.99. The third kappa shape index (κ3) is 4.96. The Bertz CT molecular complexity index is 2830. The second-order valence-electron chi connectivity index (χ2n) is 12.8. The van der Waals surface area contributed by atoms with Crippen molar-refractivity contribution in [2.24, 2.45) is 0 Å². The summed E-state index contributed by atoms with van der Waals surface area (Å²) in [5, 5.41) is 6.80. The number of fused-ring (bicyclic) bond motifs is 6. The molecule has 0 unspecified atom stereocenters. The van der Waals surface area contributed by atoms with E-state index in [1.165, 1.54) is 21.9 Å². The van der Waals surface area contributed by atoms with Crippen molar-refractivity contribution >= 4 is 43.5 Å². The van der Waals surface area contributed by atoms with Gasteiger partial charge in [-0.2, -0.15) is 0 Å². The average Bonchev–Trinajstić information content (AvgIpc) is 3.60. The Morgan fingerprint density at radius 1 is 0.333 bits per heavy atom. The lowest BCUT2D eigenvalue weighted by molar-refractivity contribution is 0.670. The molecule has 10 rings (SSSR count). The van der Waals surface area contributed by atoms with Crippen LogP contribution in [0, 0.1) is 0 Å². The minimum Gasteiger partial charge on any atom is -0.455 e. The van der Waals surface area contributed by atoms with Gasteiger partial charge in [-0.3, -0.25) is 0 Å². The fraction of sp³-hybridized carbons (Fsp3) is 0. The van der Waals surface area contributed by atoms with Crippen LogP contribution in [0.5, 0.6) is 0 Å². The molecular weight excluding hydrogens is 623 g/mol. The molecule has 2 aromatic heterocycles. The zero-order chi connectivity index (χ0) is 33.7. The number of aromatic nitrogens is 3. The van der Waals surface area contributed by atoms with Crippen LogP contribution in [0.2, 0.25) is 0 Å². The minimum atomic E-state index is 0.602. The molecule has 8 aromatic carbocycles. The zero-order valence-corrected chi connectivity index (χ0v) is 27.5. The standard InChI is InChI=1S/C47H29N3O/c1-3-14-33(15-4-1)45-48-46(34-16-5-2-6-17-34)50-47(49-45)41-29-42-43(39-21-10-9-20-38(39)41)40-24-12-23-37(44(40)51-42)32-27-25-31(26-28-32)36-22-11-18-30-13-7-8-19-35(30)36/h1-29H. The maximum atomic E-state index is 6.84. The highest BCUT2D eigenvalue weighted by Gasteiger charge is 2.20. The molecule has 2 heterocycles. The van der Waals surface area contributed by atoms with Gasteiger partial charge in [0.15, 0.2) is 17.5 Å². The fourth-order valence-electron chi connectivity index (χ4n) is 7.31. The van der Waals surface area contributed by atoms with E-state index in [1.54, 1.807) is 0 Å². The van der Waals surface area contributed by atoms with Crippen molar-refractivity contribution in [3.63, 3.8) is 0 Å². The summed E-state index contributed by atoms with van der Waals surface area (Å²) < 4.78 is 6.84. The van der Waals surface area contributed by atoms with E-state index < -0.39 is 0 Å². The third-order valence-electron chi connectivity index (χ3n) is 9.74. The second kappa shape index (κ2) is 11.9. The maximum absolute atomic E-state index is 6.84. The van der Waals surface area contributed by atoms with Gasteiger partial charge in [0.2, 0.25) is 0 Å². The number of furan rings is 1. The van der Waals surface area contributed by atoms with Crippen LogP contribution in [0.15, 0.2) is 180 Å². The second-order valence-corrected chi connectivity index (χ2v) is 12.8. The molecule has 4 nitrogen and oxygen atoms in total. The van der Waals surface area contributed by atoms with E-state index in [-0.39, 0.29) is 0 Å². The van der Waals surface area contributed by atoms with Crippen LogP contribution < -0.4 is 0 Å². The molecule has 0 aliphatic carbocycles. The molecule has 0 radical (unpaired) electrons. The van der Waals surface area contributed by atoms with Crippen molar-refractivity contribution in [2.75, 3.05) is 0 Å². The molecule has 0 amide bonds. The predicted octanol–water partition coefficient (Wildman–Crippen LogP) is 12.4. The number of para-hydroxylation sites is 1. The number of hydrogen-bond donors (Lipinski definition) is 0. The van der Waals surface area contributed by atoms with Gasteiger partial charge in [0.1, 0.15) is 11.2 Å². The normalized spacial score (nSPS) is 11.5. The lowest BCUT2D eigenvalue weighted by Gasteiger charge is -2.11. The number of hydrogen-bond acceptors (Lipinski definition) is 4. The first-order valence-electron chi connectivity index (χ1n) is 17.1. The first-order valence-corrected chi connectivity index (χ1v) is 17.1. The summed E-state index contributed by atoms with van der Waals surface area (Å²) in [7, 11) is 0. The van der Waals surface area contributed by atoms with Gasteiger partial charge in [0.25, 0.3) is 0 Å². The monoisotopic (exact) mass is 651 g/mol. The Balaban J connectivity index is 1.15. The van der Waals surface area contributed by atoms with Crippen molar-refractivity contribution in [2.45, 2.75) is 0 Å². The highest BCUT2D eigenvalue weighted by molar-refractivity contribution is 6.23. The van der Waals surface area contributed by atoms with E-state index in [4.69, 9.17) is 19.4 Å². The van der Waals surface area contributed by atoms with Gasteiger partial charge in [-0.1, -0.05) is 170 Å². The van der Waals surface area contributed by atoms with Crippen LogP contribution in [-0.2, 0) is 0 Å². The number of rotatable bonds is 5. The maximum Gasteiger partial charge on any atom is 0.164 e. The molecule has 0 atom stereocenters. The molecule has 0 fully saturated rings. The lowest BCUT2D eigenvalue weighted by atomic mass is 9.95. The smallest absolute Gasteiger partial charge is 0.164 e. The molecular formula is C47H29N3O. The Labute approximate surface area is 294 Å². The van der Waals surface area contributed by atoms with E-state index >= 15 is 0 Å². The van der Waals surface area contributed by atoms with Crippen molar-refractivity contribution in [3.05, 3.63) is 176 Å². The van der Waals surface area contributed by atoms with Crippen LogP contribution in [0.25, 0.3) is 99.9 Å². The number of benzene rings is 8. The van der Waals surface area contributed by atoms with Gasteiger partial charge in [0, 0.05) is 33.0 Å². The molecule has 0 N–H and O–H groups in total. The van der Waals surface area contributed by atoms with Crippen LogP contribution >= 0.6 is 0 Å². The fourth-order valence-corrected chi connectivity index (χ4v) is 7.31. The molecule has 0 aliphatic rings. The predicted molar refractivity (Wildman–Crippen MR) is 209 cm³/mol. The highest BCUT2D eigenvalue weighted by Crippen LogP contribution is 2.43. The van der Waals surface area contributed by atoms with Crippen LogP contribution in [0.3, 0.4) is 0 Å². The van der Waals surface area contributed by atoms with Gasteiger partial charge in [0.05, 0.1) is 0 Å². The molecule has 238 valence electrons. The topological polar surface area (TPSA) is 51.8 Å². The Kier molecular flexibility index (Phi) is 6.78. The Morgan fingerprint density at radius 2 is 0.843 bits per heavy atom. The molecule has 51 heavy (non-hydrogen) atoms. The van der Waals surface area contributed by atoms with Crippen LogP contribution in [-0.4, -0.2) is 15.0 Å². The first-order chi connectivity index (χ1) is 25.3. The summed E-state index contributed by atoms with van der Waals surface area (Å²) in [6.45, 7) is 0. The van der Waals surface area contributed by atoms with Crippen LogP contribution in [0.1, 0.15) is 0 Å². The molecule has 4 heteroatoms. The van der Waals surface area contributed by atoms with Gasteiger partial charge < -0.3 is 4.42 Å². The van der Waals surface area contributed by atoms with E-state index in [2.05, 4.69) is 115 Å². The summed E-state index contributed by atoms with van der Waals surface area (Å²) in [4.78, 5) is 15.0. The molecule has 0 saturated carbocycles. The quantitative estimate of drug-likeness (QED) is 0.186. The van der Waals surface area contributed by atoms with Gasteiger partial charge in [-0.05, 0) is 44.3 Å². The summed E-state index contributed by atoms with van der Waals surface area (Å²) in [6.07, 6.45) is 0. The van der Waals surface area contributed by atoms with Gasteiger partial charge >= 0.3 is 0 Å². The molecule has 10 aromatic rings. The van der Waals surface area contributed by atoms with E-state index in [0.717, 1.165) is 60.5 Å². The van der Waals surface area contributed by atoms with Gasteiger partial charge in [-0.15, -0.1) is 0 Å². The zero-order valence-electron chi connectivity index (χ0n) is 27.5. The largest absolute Gasteiger partial charge is 0.455 e. The van der Waals surface area contributed by atoms with Crippen molar-refractivity contribution in [1.29, 1.82) is 0 Å². The van der Waals surface area contributed by atoms with E-state index in [0.29, 0.717) is 17.5 Å². The van der Waals surface area contributed by atoms with Gasteiger partial charge in [-0.25, -0.2) is 15.0 Å².